The van der Waals surface area contributed by atoms with E-state index in [2.05, 4.69) is 15.5 Å². The first-order chi connectivity index (χ1) is 15.7. The summed E-state index contributed by atoms with van der Waals surface area (Å²) in [4.78, 5) is 57.0. The number of benzene rings is 1. The van der Waals surface area contributed by atoms with Crippen LogP contribution < -0.4 is 10.9 Å². The molecule has 10 nitrogen and oxygen atoms in total. The fourth-order valence-electron chi connectivity index (χ4n) is 3.79. The number of halogens is 1. The van der Waals surface area contributed by atoms with Gasteiger partial charge >= 0.3 is 11.8 Å². The first-order valence-electron chi connectivity index (χ1n) is 10.4. The molecule has 1 atom stereocenters. The van der Waals surface area contributed by atoms with Crippen LogP contribution in [0.1, 0.15) is 25.5 Å². The average molecular weight is 455 g/mol. The normalized spacial score (nSPS) is 16.3. The monoisotopic (exact) mass is 455 g/mol. The highest BCUT2D eigenvalue weighted by atomic mass is 19.1. The number of hydrogen-bond acceptors (Lipinski definition) is 6. The number of fused-ring (bicyclic) bond motifs is 1. The summed E-state index contributed by atoms with van der Waals surface area (Å²) in [6.07, 6.45) is 1.26. The molecule has 11 heteroatoms. The third-order valence-corrected chi connectivity index (χ3v) is 5.49. The lowest BCUT2D eigenvalue weighted by molar-refractivity contribution is -0.150. The minimum absolute atomic E-state index is 0.0663. The van der Waals surface area contributed by atoms with Crippen LogP contribution in [0.4, 0.5) is 10.1 Å². The van der Waals surface area contributed by atoms with E-state index in [1.165, 1.54) is 41.4 Å². The lowest BCUT2D eigenvalue weighted by atomic mass is 10.0. The molecule has 0 spiro atoms. The maximum atomic E-state index is 13.5. The van der Waals surface area contributed by atoms with Crippen molar-refractivity contribution in [2.75, 3.05) is 25.0 Å². The molecule has 2 N–H and O–H groups in total. The molecule has 0 unspecified atom stereocenters. The molecule has 3 amide bonds. The second kappa shape index (κ2) is 8.85. The lowest BCUT2D eigenvalue weighted by Crippen LogP contribution is -2.55. The summed E-state index contributed by atoms with van der Waals surface area (Å²) in [5, 5.41) is 4.72. The Labute approximate surface area is 187 Å². The summed E-state index contributed by atoms with van der Waals surface area (Å²) in [5.41, 5.74) is 0.320. The van der Waals surface area contributed by atoms with E-state index in [-0.39, 0.29) is 48.2 Å². The van der Waals surface area contributed by atoms with Crippen LogP contribution in [0.15, 0.2) is 45.8 Å². The molecule has 1 saturated heterocycles. The Bertz CT molecular complexity index is 1270. The molecular weight excluding hydrogens is 433 g/mol. The molecule has 1 aliphatic heterocycles. The Morgan fingerprint density at radius 2 is 1.94 bits per heavy atom. The Morgan fingerprint density at radius 3 is 2.64 bits per heavy atom. The van der Waals surface area contributed by atoms with Gasteiger partial charge in [-0.1, -0.05) is 26.0 Å². The number of anilines is 1. The zero-order chi connectivity index (χ0) is 23.7. The van der Waals surface area contributed by atoms with Gasteiger partial charge in [-0.15, -0.1) is 0 Å². The molecule has 3 heterocycles. The molecule has 172 valence electrons. The van der Waals surface area contributed by atoms with Crippen molar-refractivity contribution in [1.82, 2.24) is 19.9 Å². The Kier molecular flexibility index (Phi) is 5.95. The number of nitrogens with zero attached hydrogens (tertiary/aromatic N) is 3. The van der Waals surface area contributed by atoms with Crippen LogP contribution in [0.2, 0.25) is 0 Å². The smallest absolute Gasteiger partial charge is 0.313 e. The van der Waals surface area contributed by atoms with Gasteiger partial charge in [0, 0.05) is 25.6 Å². The van der Waals surface area contributed by atoms with Crippen molar-refractivity contribution in [1.29, 1.82) is 0 Å². The van der Waals surface area contributed by atoms with E-state index >= 15 is 0 Å². The third-order valence-electron chi connectivity index (χ3n) is 5.49. The second-order valence-corrected chi connectivity index (χ2v) is 8.07. The fourth-order valence-corrected chi connectivity index (χ4v) is 3.79. The van der Waals surface area contributed by atoms with E-state index in [9.17, 15) is 23.6 Å². The average Bonchev–Trinajstić information content (AvgIpc) is 3.18. The van der Waals surface area contributed by atoms with Crippen molar-refractivity contribution in [3.05, 3.63) is 58.3 Å². The Balaban J connectivity index is 1.57. The summed E-state index contributed by atoms with van der Waals surface area (Å²) in [6, 6.07) is 6.33. The SMILES string of the molecule is CC(C)C(=O)N1CCN(C(=O)C(=O)Nc2cnc3o[nH]c(=O)c3c2)[C@H](c2ccc(F)cc2)C1. The largest absolute Gasteiger partial charge is 0.358 e. The first-order valence-corrected chi connectivity index (χ1v) is 10.4. The number of aromatic amines is 1. The van der Waals surface area contributed by atoms with E-state index in [0.717, 1.165) is 0 Å². The predicted octanol–water partition coefficient (Wildman–Crippen LogP) is 1.66. The van der Waals surface area contributed by atoms with E-state index in [1.54, 1.807) is 18.7 Å². The molecule has 1 fully saturated rings. The number of aromatic nitrogens is 2. The van der Waals surface area contributed by atoms with E-state index < -0.39 is 29.2 Å². The molecule has 4 rings (SSSR count). The van der Waals surface area contributed by atoms with Crippen molar-refractivity contribution >= 4 is 34.5 Å². The van der Waals surface area contributed by atoms with Gasteiger partial charge in [0.15, 0.2) is 0 Å². The molecule has 0 saturated carbocycles. The number of H-pyrrole nitrogens is 1. The van der Waals surface area contributed by atoms with Crippen molar-refractivity contribution in [2.24, 2.45) is 5.92 Å². The number of carbonyl (C=O) groups is 3. The quantitative estimate of drug-likeness (QED) is 0.578. The predicted molar refractivity (Wildman–Crippen MR) is 116 cm³/mol. The minimum atomic E-state index is -0.924. The van der Waals surface area contributed by atoms with Crippen LogP contribution in [0.25, 0.3) is 11.1 Å². The number of amides is 3. The van der Waals surface area contributed by atoms with Gasteiger partial charge in [0.1, 0.15) is 11.2 Å². The van der Waals surface area contributed by atoms with Crippen molar-refractivity contribution in [2.45, 2.75) is 19.9 Å². The van der Waals surface area contributed by atoms with Gasteiger partial charge < -0.3 is 19.6 Å². The number of pyridine rings is 1. The number of piperazine rings is 1. The molecule has 1 aliphatic rings. The first kappa shape index (κ1) is 22.2. The molecule has 33 heavy (non-hydrogen) atoms. The minimum Gasteiger partial charge on any atom is -0.358 e. The van der Waals surface area contributed by atoms with Crippen LogP contribution >= 0.6 is 0 Å². The maximum absolute atomic E-state index is 13.5. The highest BCUT2D eigenvalue weighted by molar-refractivity contribution is 6.39. The number of hydrogen-bond donors (Lipinski definition) is 2. The van der Waals surface area contributed by atoms with E-state index in [1.807, 2.05) is 0 Å². The molecule has 2 aromatic heterocycles. The summed E-state index contributed by atoms with van der Waals surface area (Å²) in [7, 11) is 0. The fraction of sp³-hybridized carbons (Fsp3) is 0.318. The highest BCUT2D eigenvalue weighted by Crippen LogP contribution is 2.27. The summed E-state index contributed by atoms with van der Waals surface area (Å²) >= 11 is 0. The maximum Gasteiger partial charge on any atom is 0.313 e. The number of nitrogens with one attached hydrogen (secondary N) is 2. The summed E-state index contributed by atoms with van der Waals surface area (Å²) in [5.74, 6) is -2.47. The molecule has 3 aromatic rings. The van der Waals surface area contributed by atoms with Crippen molar-refractivity contribution in [3.63, 3.8) is 0 Å². The van der Waals surface area contributed by atoms with Gasteiger partial charge in [0.25, 0.3) is 11.3 Å². The Morgan fingerprint density at radius 1 is 1.21 bits per heavy atom. The van der Waals surface area contributed by atoms with Crippen LogP contribution in [-0.4, -0.2) is 57.3 Å². The zero-order valence-corrected chi connectivity index (χ0v) is 18.0. The molecule has 0 aliphatic carbocycles. The molecular formula is C22H22FN5O5. The Hall–Kier alpha value is -4.02. The van der Waals surface area contributed by atoms with Crippen LogP contribution in [0, 0.1) is 11.7 Å². The van der Waals surface area contributed by atoms with E-state index in [0.29, 0.717) is 5.56 Å². The molecule has 1 aromatic carbocycles. The van der Waals surface area contributed by atoms with Crippen LogP contribution in [-0.2, 0) is 14.4 Å². The second-order valence-electron chi connectivity index (χ2n) is 8.07. The molecule has 0 radical (unpaired) electrons. The summed E-state index contributed by atoms with van der Waals surface area (Å²) < 4.78 is 18.3. The van der Waals surface area contributed by atoms with Gasteiger partial charge in [-0.3, -0.25) is 19.2 Å². The number of rotatable bonds is 3. The lowest BCUT2D eigenvalue weighted by Gasteiger charge is -2.42. The van der Waals surface area contributed by atoms with Gasteiger partial charge in [-0.25, -0.2) is 9.37 Å². The standard InChI is InChI=1S/C22H22FN5O5/c1-12(2)21(31)27-7-8-28(17(11-27)13-3-5-14(23)6-4-13)22(32)19(30)25-15-9-16-18(29)26-33-20(16)24-10-15/h3-6,9-10,12,17H,7-8,11H2,1-2H3,(H,25,30)(H,26,29)/t17-/m0/s1. The van der Waals surface area contributed by atoms with Gasteiger partial charge in [-0.05, 0) is 23.8 Å². The molecule has 0 bridgehead atoms. The van der Waals surface area contributed by atoms with Crippen molar-refractivity contribution < 1.29 is 23.3 Å². The zero-order valence-electron chi connectivity index (χ0n) is 18.0. The van der Waals surface area contributed by atoms with Gasteiger partial charge in [-0.2, -0.15) is 5.16 Å². The van der Waals surface area contributed by atoms with Crippen LogP contribution in [0.3, 0.4) is 0 Å². The highest BCUT2D eigenvalue weighted by Gasteiger charge is 2.36. The van der Waals surface area contributed by atoms with Gasteiger partial charge in [0.05, 0.1) is 17.9 Å². The topological polar surface area (TPSA) is 129 Å². The van der Waals surface area contributed by atoms with E-state index in [4.69, 9.17) is 4.52 Å². The third kappa shape index (κ3) is 4.47. The van der Waals surface area contributed by atoms with Gasteiger partial charge in [0.2, 0.25) is 5.91 Å². The summed E-state index contributed by atoms with van der Waals surface area (Å²) in [6.45, 7) is 4.16. The van der Waals surface area contributed by atoms with Crippen LogP contribution in [0.5, 0.6) is 0 Å². The number of carbonyl (C=O) groups excluding carboxylic acids is 3. The van der Waals surface area contributed by atoms with Crippen molar-refractivity contribution in [3.8, 4) is 0 Å².